The summed E-state index contributed by atoms with van der Waals surface area (Å²) in [7, 11) is 0. The summed E-state index contributed by atoms with van der Waals surface area (Å²) >= 11 is 0. The highest BCUT2D eigenvalue weighted by molar-refractivity contribution is 6.35. The van der Waals surface area contributed by atoms with Gasteiger partial charge in [0, 0.05) is 31.1 Å². The maximum Gasteiger partial charge on any atom is 0.329 e. The lowest BCUT2D eigenvalue weighted by Crippen LogP contribution is -2.37. The van der Waals surface area contributed by atoms with Gasteiger partial charge in [0.25, 0.3) is 5.69 Å². The Balaban J connectivity index is 1.81. The molecule has 2 rings (SSSR count). The highest BCUT2D eigenvalue weighted by Crippen LogP contribution is 2.10. The summed E-state index contributed by atoms with van der Waals surface area (Å²) in [6, 6.07) is 8.99. The number of nitro groups is 1. The molecule has 122 valence electrons. The summed E-state index contributed by atoms with van der Waals surface area (Å²) in [6.45, 7) is 0.195. The quantitative estimate of drug-likeness (QED) is 0.363. The Hall–Kier alpha value is -3.62. The first kappa shape index (κ1) is 16.7. The Morgan fingerprint density at radius 2 is 1.79 bits per heavy atom. The minimum atomic E-state index is -0.915. The summed E-state index contributed by atoms with van der Waals surface area (Å²) in [5.41, 5.74) is 3.37. The number of carbonyl (C=O) groups excluding carboxylic acids is 2. The minimum Gasteiger partial charge on any atom is -0.344 e. The highest BCUT2D eigenvalue weighted by atomic mass is 16.6. The van der Waals surface area contributed by atoms with Crippen molar-refractivity contribution >= 4 is 23.7 Å². The van der Waals surface area contributed by atoms with Gasteiger partial charge in [0.2, 0.25) is 0 Å². The predicted molar refractivity (Wildman–Crippen MR) is 84.9 cm³/mol. The average Bonchev–Trinajstić information content (AvgIpc) is 2.61. The van der Waals surface area contributed by atoms with Crippen molar-refractivity contribution in [1.82, 2.24) is 15.7 Å². The molecule has 9 heteroatoms. The van der Waals surface area contributed by atoms with Crippen LogP contribution in [0.1, 0.15) is 11.1 Å². The molecule has 0 aliphatic heterocycles. The molecule has 0 saturated heterocycles. The molecule has 0 saturated carbocycles. The molecule has 0 unspecified atom stereocenters. The fraction of sp³-hybridized carbons (Fsp3) is 0.0667. The third-order valence-electron chi connectivity index (χ3n) is 2.89. The maximum absolute atomic E-state index is 11.6. The van der Waals surface area contributed by atoms with Crippen LogP contribution in [0.2, 0.25) is 0 Å². The molecule has 1 aromatic carbocycles. The van der Waals surface area contributed by atoms with E-state index in [1.54, 1.807) is 24.5 Å². The van der Waals surface area contributed by atoms with Gasteiger partial charge in [0.05, 0.1) is 11.1 Å². The number of nitro benzene ring substituents is 1. The lowest BCUT2D eigenvalue weighted by molar-refractivity contribution is -0.384. The van der Waals surface area contributed by atoms with Crippen molar-refractivity contribution in [2.24, 2.45) is 5.10 Å². The van der Waals surface area contributed by atoms with Gasteiger partial charge in [-0.1, -0.05) is 0 Å². The molecule has 2 amide bonds. The molecular weight excluding hydrogens is 314 g/mol. The molecule has 0 atom stereocenters. The topological polar surface area (TPSA) is 127 Å². The van der Waals surface area contributed by atoms with E-state index < -0.39 is 16.7 Å². The summed E-state index contributed by atoms with van der Waals surface area (Å²) in [6.07, 6.45) is 4.43. The van der Waals surface area contributed by atoms with Crippen LogP contribution in [0, 0.1) is 10.1 Å². The predicted octanol–water partition coefficient (Wildman–Crippen LogP) is 0.756. The minimum absolute atomic E-state index is 0.0494. The fourth-order valence-electron chi connectivity index (χ4n) is 1.66. The lowest BCUT2D eigenvalue weighted by Gasteiger charge is -2.03. The van der Waals surface area contributed by atoms with Crippen molar-refractivity contribution < 1.29 is 14.5 Å². The van der Waals surface area contributed by atoms with E-state index in [9.17, 15) is 19.7 Å². The second kappa shape index (κ2) is 8.13. The first-order valence-corrected chi connectivity index (χ1v) is 6.81. The molecule has 0 aliphatic carbocycles. The zero-order chi connectivity index (χ0) is 17.4. The van der Waals surface area contributed by atoms with Crippen LogP contribution < -0.4 is 10.7 Å². The monoisotopic (exact) mass is 327 g/mol. The largest absolute Gasteiger partial charge is 0.344 e. The lowest BCUT2D eigenvalue weighted by atomic mass is 10.2. The van der Waals surface area contributed by atoms with E-state index in [1.165, 1.54) is 30.5 Å². The van der Waals surface area contributed by atoms with E-state index in [4.69, 9.17) is 0 Å². The Labute approximate surface area is 136 Å². The van der Waals surface area contributed by atoms with E-state index in [0.717, 1.165) is 5.56 Å². The number of benzene rings is 1. The number of amides is 2. The number of rotatable bonds is 5. The fourth-order valence-corrected chi connectivity index (χ4v) is 1.66. The van der Waals surface area contributed by atoms with Crippen molar-refractivity contribution in [3.63, 3.8) is 0 Å². The van der Waals surface area contributed by atoms with Gasteiger partial charge < -0.3 is 5.32 Å². The second-order valence-corrected chi connectivity index (χ2v) is 4.59. The Morgan fingerprint density at radius 1 is 1.12 bits per heavy atom. The summed E-state index contributed by atoms with van der Waals surface area (Å²) < 4.78 is 0. The third-order valence-corrected chi connectivity index (χ3v) is 2.89. The van der Waals surface area contributed by atoms with E-state index in [1.807, 2.05) is 0 Å². The standard InChI is InChI=1S/C15H13N5O4/c21-14(17-9-12-5-7-16-8-6-12)15(22)19-18-10-11-1-3-13(4-2-11)20(23)24/h1-8,10H,9H2,(H,17,21)(H,19,22)/b18-10-. The molecular formula is C15H13N5O4. The van der Waals surface area contributed by atoms with Crippen LogP contribution in [0.5, 0.6) is 0 Å². The second-order valence-electron chi connectivity index (χ2n) is 4.59. The van der Waals surface area contributed by atoms with Crippen molar-refractivity contribution in [3.05, 3.63) is 70.0 Å². The Kier molecular flexibility index (Phi) is 5.67. The van der Waals surface area contributed by atoms with Gasteiger partial charge in [-0.2, -0.15) is 5.10 Å². The summed E-state index contributed by atoms with van der Waals surface area (Å²) in [5.74, 6) is -1.74. The molecule has 1 heterocycles. The van der Waals surface area contributed by atoms with Crippen molar-refractivity contribution in [1.29, 1.82) is 0 Å². The molecule has 2 N–H and O–H groups in total. The molecule has 0 bridgehead atoms. The summed E-state index contributed by atoms with van der Waals surface area (Å²) in [5, 5.41) is 16.6. The number of aromatic nitrogens is 1. The van der Waals surface area contributed by atoms with Crippen LogP contribution in [-0.4, -0.2) is 27.9 Å². The number of non-ortho nitro benzene ring substituents is 1. The summed E-state index contributed by atoms with van der Waals surface area (Å²) in [4.78, 5) is 37.0. The molecule has 0 spiro atoms. The van der Waals surface area contributed by atoms with Crippen LogP contribution in [0.4, 0.5) is 5.69 Å². The van der Waals surface area contributed by atoms with Gasteiger partial charge in [0.15, 0.2) is 0 Å². The molecule has 0 radical (unpaired) electrons. The van der Waals surface area contributed by atoms with Gasteiger partial charge in [-0.25, -0.2) is 5.43 Å². The van der Waals surface area contributed by atoms with Gasteiger partial charge in [-0.3, -0.25) is 24.7 Å². The molecule has 2 aromatic rings. The van der Waals surface area contributed by atoms with Crippen molar-refractivity contribution in [3.8, 4) is 0 Å². The van der Waals surface area contributed by atoms with E-state index >= 15 is 0 Å². The first-order valence-electron chi connectivity index (χ1n) is 6.81. The normalized spacial score (nSPS) is 10.3. The molecule has 24 heavy (non-hydrogen) atoms. The third kappa shape index (κ3) is 4.98. The number of nitrogens with zero attached hydrogens (tertiary/aromatic N) is 3. The van der Waals surface area contributed by atoms with Crippen LogP contribution in [0.15, 0.2) is 53.9 Å². The van der Waals surface area contributed by atoms with Crippen LogP contribution in [-0.2, 0) is 16.1 Å². The van der Waals surface area contributed by atoms with Crippen molar-refractivity contribution in [2.45, 2.75) is 6.54 Å². The van der Waals surface area contributed by atoms with Crippen LogP contribution >= 0.6 is 0 Å². The number of hydrogen-bond acceptors (Lipinski definition) is 6. The van der Waals surface area contributed by atoms with Crippen LogP contribution in [0.3, 0.4) is 0 Å². The Bertz CT molecular complexity index is 759. The van der Waals surface area contributed by atoms with Gasteiger partial charge in [-0.05, 0) is 35.4 Å². The first-order chi connectivity index (χ1) is 11.6. The maximum atomic E-state index is 11.6. The van der Waals surface area contributed by atoms with E-state index in [2.05, 4.69) is 20.8 Å². The van der Waals surface area contributed by atoms with Crippen LogP contribution in [0.25, 0.3) is 0 Å². The SMILES string of the molecule is O=C(NCc1ccncc1)C(=O)N/N=C\c1ccc([N+](=O)[O-])cc1. The molecule has 1 aromatic heterocycles. The van der Waals surface area contributed by atoms with Gasteiger partial charge in [0.1, 0.15) is 0 Å². The smallest absolute Gasteiger partial charge is 0.329 e. The number of hydrazone groups is 1. The zero-order valence-corrected chi connectivity index (χ0v) is 12.4. The van der Waals surface area contributed by atoms with Gasteiger partial charge in [-0.15, -0.1) is 0 Å². The van der Waals surface area contributed by atoms with Gasteiger partial charge >= 0.3 is 11.8 Å². The van der Waals surface area contributed by atoms with Crippen molar-refractivity contribution in [2.75, 3.05) is 0 Å². The number of carbonyl (C=O) groups is 2. The van der Waals surface area contributed by atoms with E-state index in [0.29, 0.717) is 5.56 Å². The number of nitrogens with one attached hydrogen (secondary N) is 2. The molecule has 9 nitrogen and oxygen atoms in total. The number of pyridine rings is 1. The zero-order valence-electron chi connectivity index (χ0n) is 12.4. The highest BCUT2D eigenvalue weighted by Gasteiger charge is 2.11. The Morgan fingerprint density at radius 3 is 2.42 bits per heavy atom. The van der Waals surface area contributed by atoms with E-state index in [-0.39, 0.29) is 12.2 Å². The average molecular weight is 327 g/mol. The number of hydrogen-bond donors (Lipinski definition) is 2. The molecule has 0 aliphatic rings. The molecule has 0 fully saturated rings.